The van der Waals surface area contributed by atoms with Crippen LogP contribution in [0.15, 0.2) is 22.1 Å². The first-order chi connectivity index (χ1) is 9.00. The van der Waals surface area contributed by atoms with E-state index in [1.165, 1.54) is 17.5 Å². The van der Waals surface area contributed by atoms with Crippen LogP contribution >= 0.6 is 38.9 Å². The highest BCUT2D eigenvalue weighted by Crippen LogP contribution is 2.28. The first-order valence-corrected chi connectivity index (χ1v) is 7.69. The van der Waals surface area contributed by atoms with Gasteiger partial charge in [0, 0.05) is 11.0 Å². The van der Waals surface area contributed by atoms with E-state index in [1.807, 2.05) is 30.4 Å². The lowest BCUT2D eigenvalue weighted by atomic mass is 10.2. The summed E-state index contributed by atoms with van der Waals surface area (Å²) in [7, 11) is 3.95. The predicted octanol–water partition coefficient (Wildman–Crippen LogP) is 3.15. The van der Waals surface area contributed by atoms with Gasteiger partial charge in [0.1, 0.15) is 5.69 Å². The fraction of sp³-hybridized carbons (Fsp3) is 0.333. The molecule has 0 saturated carbocycles. The third-order valence-corrected chi connectivity index (χ3v) is 4.71. The van der Waals surface area contributed by atoms with E-state index in [4.69, 9.17) is 11.6 Å². The Balaban J connectivity index is 2.31. The van der Waals surface area contributed by atoms with E-state index in [1.54, 1.807) is 4.68 Å². The number of ketones is 1. The molecule has 19 heavy (non-hydrogen) atoms. The SMILES string of the molecule is CN(C)CCn1ncc(Cl)c1C(=O)c1sccc1Br. The highest BCUT2D eigenvalue weighted by Gasteiger charge is 2.22. The lowest BCUT2D eigenvalue weighted by Gasteiger charge is -2.11. The predicted molar refractivity (Wildman–Crippen MR) is 81.2 cm³/mol. The number of carbonyl (C=O) groups excluding carboxylic acids is 1. The molecular formula is C12H13BrClN3OS. The summed E-state index contributed by atoms with van der Waals surface area (Å²) in [6.07, 6.45) is 1.52. The zero-order valence-electron chi connectivity index (χ0n) is 10.6. The van der Waals surface area contributed by atoms with Gasteiger partial charge in [0.25, 0.3) is 0 Å². The van der Waals surface area contributed by atoms with Crippen molar-refractivity contribution in [3.05, 3.63) is 37.7 Å². The third kappa shape index (κ3) is 3.25. The van der Waals surface area contributed by atoms with E-state index in [2.05, 4.69) is 21.0 Å². The number of carbonyl (C=O) groups is 1. The van der Waals surface area contributed by atoms with Gasteiger partial charge in [0.15, 0.2) is 0 Å². The highest BCUT2D eigenvalue weighted by molar-refractivity contribution is 9.10. The van der Waals surface area contributed by atoms with Gasteiger partial charge in [0.05, 0.1) is 22.6 Å². The van der Waals surface area contributed by atoms with Crippen molar-refractivity contribution in [3.63, 3.8) is 0 Å². The van der Waals surface area contributed by atoms with Crippen LogP contribution < -0.4 is 0 Å². The van der Waals surface area contributed by atoms with Gasteiger partial charge < -0.3 is 4.90 Å². The van der Waals surface area contributed by atoms with Crippen molar-refractivity contribution in [1.29, 1.82) is 0 Å². The standard InChI is InChI=1S/C12H13BrClN3OS/c1-16(2)4-5-17-10(9(14)7-15-17)11(18)12-8(13)3-6-19-12/h3,6-7H,4-5H2,1-2H3. The Morgan fingerprint density at radius 3 is 2.89 bits per heavy atom. The second-order valence-corrected chi connectivity index (χ2v) is 6.47. The molecule has 2 aromatic heterocycles. The van der Waals surface area contributed by atoms with Crippen LogP contribution in [-0.4, -0.2) is 41.1 Å². The molecule has 0 aliphatic carbocycles. The molecule has 0 spiro atoms. The van der Waals surface area contributed by atoms with Gasteiger partial charge in [-0.2, -0.15) is 5.10 Å². The fourth-order valence-electron chi connectivity index (χ4n) is 1.62. The van der Waals surface area contributed by atoms with E-state index in [9.17, 15) is 4.79 Å². The van der Waals surface area contributed by atoms with E-state index >= 15 is 0 Å². The van der Waals surface area contributed by atoms with Gasteiger partial charge in [0.2, 0.25) is 5.78 Å². The molecule has 2 aromatic rings. The zero-order chi connectivity index (χ0) is 14.0. The Kier molecular flexibility index (Phi) is 4.78. The number of likely N-dealkylation sites (N-methyl/N-ethyl adjacent to an activating group) is 1. The van der Waals surface area contributed by atoms with Crippen molar-refractivity contribution in [2.75, 3.05) is 20.6 Å². The van der Waals surface area contributed by atoms with Gasteiger partial charge >= 0.3 is 0 Å². The van der Waals surface area contributed by atoms with E-state index in [0.29, 0.717) is 22.1 Å². The molecule has 0 aliphatic rings. The van der Waals surface area contributed by atoms with Crippen LogP contribution in [0, 0.1) is 0 Å². The third-order valence-electron chi connectivity index (χ3n) is 2.59. The number of hydrogen-bond donors (Lipinski definition) is 0. The largest absolute Gasteiger partial charge is 0.308 e. The number of thiophene rings is 1. The lowest BCUT2D eigenvalue weighted by molar-refractivity contribution is 0.103. The Hall–Kier alpha value is -0.690. The number of nitrogens with zero attached hydrogens (tertiary/aromatic N) is 3. The van der Waals surface area contributed by atoms with Crippen molar-refractivity contribution < 1.29 is 4.79 Å². The summed E-state index contributed by atoms with van der Waals surface area (Å²) >= 11 is 10.9. The Labute approximate surface area is 129 Å². The molecule has 0 fully saturated rings. The topological polar surface area (TPSA) is 38.1 Å². The van der Waals surface area contributed by atoms with Crippen molar-refractivity contribution in [3.8, 4) is 0 Å². The number of aromatic nitrogens is 2. The maximum absolute atomic E-state index is 12.5. The van der Waals surface area contributed by atoms with E-state index < -0.39 is 0 Å². The number of rotatable bonds is 5. The van der Waals surface area contributed by atoms with Crippen LogP contribution in [0.4, 0.5) is 0 Å². The summed E-state index contributed by atoms with van der Waals surface area (Å²) in [6.45, 7) is 1.42. The summed E-state index contributed by atoms with van der Waals surface area (Å²) in [6, 6.07) is 1.85. The first kappa shape index (κ1) is 14.7. The Morgan fingerprint density at radius 2 is 2.32 bits per heavy atom. The van der Waals surface area contributed by atoms with Crippen LogP contribution in [0.2, 0.25) is 5.02 Å². The fourth-order valence-corrected chi connectivity index (χ4v) is 3.33. The quantitative estimate of drug-likeness (QED) is 0.767. The monoisotopic (exact) mass is 361 g/mol. The van der Waals surface area contributed by atoms with E-state index in [0.717, 1.165) is 11.0 Å². The first-order valence-electron chi connectivity index (χ1n) is 5.64. The molecule has 7 heteroatoms. The van der Waals surface area contributed by atoms with Gasteiger partial charge in [-0.25, -0.2) is 0 Å². The molecule has 2 rings (SSSR count). The average Bonchev–Trinajstić information content (AvgIpc) is 2.92. The second-order valence-electron chi connectivity index (χ2n) is 4.29. The normalized spacial score (nSPS) is 11.2. The average molecular weight is 363 g/mol. The summed E-state index contributed by atoms with van der Waals surface area (Å²) < 4.78 is 2.45. The molecule has 0 N–H and O–H groups in total. The number of halogens is 2. The van der Waals surface area contributed by atoms with Gasteiger partial charge in [-0.05, 0) is 41.5 Å². The maximum Gasteiger partial charge on any atom is 0.223 e. The smallest absolute Gasteiger partial charge is 0.223 e. The minimum Gasteiger partial charge on any atom is -0.308 e. The summed E-state index contributed by atoms with van der Waals surface area (Å²) in [5.41, 5.74) is 0.451. The van der Waals surface area contributed by atoms with Gasteiger partial charge in [-0.1, -0.05) is 11.6 Å². The molecule has 0 unspecified atom stereocenters. The van der Waals surface area contributed by atoms with Crippen LogP contribution in [-0.2, 0) is 6.54 Å². The summed E-state index contributed by atoms with van der Waals surface area (Å²) in [4.78, 5) is 15.2. The minimum absolute atomic E-state index is 0.0943. The maximum atomic E-state index is 12.5. The molecule has 102 valence electrons. The molecule has 0 atom stereocenters. The molecule has 0 radical (unpaired) electrons. The lowest BCUT2D eigenvalue weighted by Crippen LogP contribution is -2.21. The molecule has 0 aromatic carbocycles. The van der Waals surface area contributed by atoms with Crippen LogP contribution in [0.1, 0.15) is 15.4 Å². The van der Waals surface area contributed by atoms with Crippen LogP contribution in [0.5, 0.6) is 0 Å². The molecule has 0 saturated heterocycles. The minimum atomic E-state index is -0.0943. The van der Waals surface area contributed by atoms with Crippen molar-refractivity contribution in [2.24, 2.45) is 0 Å². The van der Waals surface area contributed by atoms with Crippen molar-refractivity contribution in [2.45, 2.75) is 6.54 Å². The number of hydrogen-bond acceptors (Lipinski definition) is 4. The highest BCUT2D eigenvalue weighted by atomic mass is 79.9. The van der Waals surface area contributed by atoms with E-state index in [-0.39, 0.29) is 5.78 Å². The Morgan fingerprint density at radius 1 is 1.58 bits per heavy atom. The van der Waals surface area contributed by atoms with Gasteiger partial charge in [-0.3, -0.25) is 9.48 Å². The summed E-state index contributed by atoms with van der Waals surface area (Å²) in [5, 5.41) is 6.43. The van der Waals surface area contributed by atoms with Crippen molar-refractivity contribution in [1.82, 2.24) is 14.7 Å². The van der Waals surface area contributed by atoms with Crippen LogP contribution in [0.3, 0.4) is 0 Å². The summed E-state index contributed by atoms with van der Waals surface area (Å²) in [5.74, 6) is -0.0943. The van der Waals surface area contributed by atoms with Crippen LogP contribution in [0.25, 0.3) is 0 Å². The molecule has 4 nitrogen and oxygen atoms in total. The van der Waals surface area contributed by atoms with Crippen molar-refractivity contribution >= 4 is 44.7 Å². The van der Waals surface area contributed by atoms with Gasteiger partial charge in [-0.15, -0.1) is 11.3 Å². The molecular weight excluding hydrogens is 350 g/mol. The Bertz CT molecular complexity index is 594. The molecule has 0 bridgehead atoms. The molecule has 0 amide bonds. The zero-order valence-corrected chi connectivity index (χ0v) is 13.7. The second kappa shape index (κ2) is 6.17. The molecule has 2 heterocycles. The molecule has 0 aliphatic heterocycles.